The first kappa shape index (κ1) is 9.84. The molecule has 0 fully saturated rings. The molecule has 0 spiro atoms. The number of pyridine rings is 1. The Morgan fingerprint density at radius 2 is 2.23 bits per heavy atom. The molecule has 3 nitrogen and oxygen atoms in total. The van der Waals surface area contributed by atoms with Crippen molar-refractivity contribution in [2.75, 3.05) is 19.0 Å². The average Bonchev–Trinajstić information content (AvgIpc) is 2.15. The van der Waals surface area contributed by atoms with Crippen LogP contribution in [0.2, 0.25) is 0 Å². The Hall–Kier alpha value is -1.25. The maximum Gasteiger partial charge on any atom is 0.214 e. The molecule has 0 unspecified atom stereocenters. The zero-order chi connectivity index (χ0) is 9.68. The molecule has 0 radical (unpaired) electrons. The highest BCUT2D eigenvalue weighted by molar-refractivity contribution is 5.36. The van der Waals surface area contributed by atoms with Crippen LogP contribution in [-0.4, -0.2) is 18.6 Å². The molecule has 0 aliphatic heterocycles. The minimum Gasteiger partial charge on any atom is -0.481 e. The second kappa shape index (κ2) is 4.70. The van der Waals surface area contributed by atoms with E-state index in [0.29, 0.717) is 11.8 Å². The van der Waals surface area contributed by atoms with Crippen LogP contribution in [0, 0.1) is 5.92 Å². The molecule has 0 aliphatic carbocycles. The van der Waals surface area contributed by atoms with Crippen LogP contribution in [0.25, 0.3) is 0 Å². The number of methoxy groups -OCH3 is 1. The van der Waals surface area contributed by atoms with Gasteiger partial charge in [-0.05, 0) is 12.0 Å². The fraction of sp³-hybridized carbons (Fsp3) is 0.500. The van der Waals surface area contributed by atoms with Crippen LogP contribution in [-0.2, 0) is 0 Å². The van der Waals surface area contributed by atoms with Crippen molar-refractivity contribution < 1.29 is 4.74 Å². The van der Waals surface area contributed by atoms with E-state index in [2.05, 4.69) is 24.1 Å². The van der Waals surface area contributed by atoms with E-state index in [1.165, 1.54) is 0 Å². The summed E-state index contributed by atoms with van der Waals surface area (Å²) in [4.78, 5) is 4.23. The smallest absolute Gasteiger partial charge is 0.214 e. The number of hydrogen-bond donors (Lipinski definition) is 1. The molecule has 0 saturated heterocycles. The highest BCUT2D eigenvalue weighted by Gasteiger charge is 1.97. The number of aromatic nitrogens is 1. The zero-order valence-electron chi connectivity index (χ0n) is 8.37. The number of nitrogens with one attached hydrogen (secondary N) is 1. The van der Waals surface area contributed by atoms with Gasteiger partial charge in [-0.25, -0.2) is 0 Å². The van der Waals surface area contributed by atoms with Crippen LogP contribution in [0.4, 0.5) is 5.82 Å². The molecule has 3 heteroatoms. The SMILES string of the molecule is COc1cccc(NCC(C)C)n1. The molecular weight excluding hydrogens is 164 g/mol. The second-order valence-corrected chi connectivity index (χ2v) is 3.34. The predicted molar refractivity (Wildman–Crippen MR) is 54.1 cm³/mol. The first-order valence-corrected chi connectivity index (χ1v) is 4.47. The van der Waals surface area contributed by atoms with E-state index in [4.69, 9.17) is 4.74 Å². The Bertz CT molecular complexity index is 261. The molecule has 0 aromatic carbocycles. The lowest BCUT2D eigenvalue weighted by molar-refractivity contribution is 0.398. The maximum atomic E-state index is 5.01. The number of ether oxygens (including phenoxy) is 1. The summed E-state index contributed by atoms with van der Waals surface area (Å²) in [5.41, 5.74) is 0. The molecule has 1 rings (SSSR count). The van der Waals surface area contributed by atoms with Gasteiger partial charge in [-0.15, -0.1) is 0 Å². The Morgan fingerprint density at radius 1 is 1.46 bits per heavy atom. The number of hydrogen-bond acceptors (Lipinski definition) is 3. The van der Waals surface area contributed by atoms with Gasteiger partial charge in [0, 0.05) is 12.6 Å². The summed E-state index contributed by atoms with van der Waals surface area (Å²) >= 11 is 0. The van der Waals surface area contributed by atoms with E-state index in [1.807, 2.05) is 18.2 Å². The lowest BCUT2D eigenvalue weighted by Crippen LogP contribution is -2.09. The lowest BCUT2D eigenvalue weighted by Gasteiger charge is -2.08. The van der Waals surface area contributed by atoms with Crippen molar-refractivity contribution in [2.45, 2.75) is 13.8 Å². The van der Waals surface area contributed by atoms with Crippen LogP contribution < -0.4 is 10.1 Å². The Balaban J connectivity index is 2.56. The number of rotatable bonds is 4. The van der Waals surface area contributed by atoms with E-state index in [0.717, 1.165) is 12.4 Å². The molecule has 0 saturated carbocycles. The maximum absolute atomic E-state index is 5.01. The quantitative estimate of drug-likeness (QED) is 0.771. The molecule has 1 aromatic heterocycles. The van der Waals surface area contributed by atoms with Gasteiger partial charge in [0.15, 0.2) is 0 Å². The second-order valence-electron chi connectivity index (χ2n) is 3.34. The third kappa shape index (κ3) is 3.32. The molecule has 1 aromatic rings. The van der Waals surface area contributed by atoms with Crippen molar-refractivity contribution in [1.82, 2.24) is 4.98 Å². The molecule has 0 amide bonds. The van der Waals surface area contributed by atoms with Crippen LogP contribution in [0.1, 0.15) is 13.8 Å². The monoisotopic (exact) mass is 180 g/mol. The molecular formula is C10H16N2O. The summed E-state index contributed by atoms with van der Waals surface area (Å²) in [6.45, 7) is 5.25. The normalized spacial score (nSPS) is 10.2. The van der Waals surface area contributed by atoms with E-state index >= 15 is 0 Å². The summed E-state index contributed by atoms with van der Waals surface area (Å²) in [6.07, 6.45) is 0. The first-order chi connectivity index (χ1) is 6.22. The third-order valence-corrected chi connectivity index (χ3v) is 1.62. The van der Waals surface area contributed by atoms with Crippen LogP contribution in [0.15, 0.2) is 18.2 Å². The van der Waals surface area contributed by atoms with Gasteiger partial charge in [0.2, 0.25) is 5.88 Å². The summed E-state index contributed by atoms with van der Waals surface area (Å²) in [5.74, 6) is 2.13. The molecule has 72 valence electrons. The number of anilines is 1. The molecule has 1 N–H and O–H groups in total. The van der Waals surface area contributed by atoms with Gasteiger partial charge >= 0.3 is 0 Å². The van der Waals surface area contributed by atoms with E-state index in [-0.39, 0.29) is 0 Å². The van der Waals surface area contributed by atoms with Crippen molar-refractivity contribution in [3.8, 4) is 5.88 Å². The predicted octanol–water partition coefficient (Wildman–Crippen LogP) is 2.16. The first-order valence-electron chi connectivity index (χ1n) is 4.47. The Kier molecular flexibility index (Phi) is 3.55. The summed E-state index contributed by atoms with van der Waals surface area (Å²) in [5, 5.41) is 3.23. The van der Waals surface area contributed by atoms with Gasteiger partial charge in [-0.1, -0.05) is 19.9 Å². The van der Waals surface area contributed by atoms with E-state index < -0.39 is 0 Å². The van der Waals surface area contributed by atoms with E-state index in [1.54, 1.807) is 7.11 Å². The Labute approximate surface area is 79.1 Å². The Morgan fingerprint density at radius 3 is 2.85 bits per heavy atom. The standard InChI is InChI=1S/C10H16N2O/c1-8(2)7-11-9-5-4-6-10(12-9)13-3/h4-6,8H,7H2,1-3H3,(H,11,12). The van der Waals surface area contributed by atoms with Crippen molar-refractivity contribution in [1.29, 1.82) is 0 Å². The topological polar surface area (TPSA) is 34.1 Å². The van der Waals surface area contributed by atoms with Crippen molar-refractivity contribution >= 4 is 5.82 Å². The largest absolute Gasteiger partial charge is 0.481 e. The lowest BCUT2D eigenvalue weighted by atomic mass is 10.2. The third-order valence-electron chi connectivity index (χ3n) is 1.62. The molecule has 1 heterocycles. The fourth-order valence-electron chi connectivity index (χ4n) is 0.936. The van der Waals surface area contributed by atoms with Crippen molar-refractivity contribution in [2.24, 2.45) is 5.92 Å². The van der Waals surface area contributed by atoms with Crippen molar-refractivity contribution in [3.63, 3.8) is 0 Å². The van der Waals surface area contributed by atoms with Crippen LogP contribution in [0.3, 0.4) is 0 Å². The molecule has 13 heavy (non-hydrogen) atoms. The van der Waals surface area contributed by atoms with Crippen LogP contribution in [0.5, 0.6) is 5.88 Å². The van der Waals surface area contributed by atoms with Gasteiger partial charge < -0.3 is 10.1 Å². The summed E-state index contributed by atoms with van der Waals surface area (Å²) < 4.78 is 5.01. The minimum absolute atomic E-state index is 0.619. The van der Waals surface area contributed by atoms with Gasteiger partial charge in [0.25, 0.3) is 0 Å². The average molecular weight is 180 g/mol. The fourth-order valence-corrected chi connectivity index (χ4v) is 0.936. The summed E-state index contributed by atoms with van der Waals surface area (Å²) in [7, 11) is 1.62. The van der Waals surface area contributed by atoms with Crippen LogP contribution >= 0.6 is 0 Å². The number of nitrogens with zero attached hydrogens (tertiary/aromatic N) is 1. The molecule has 0 bridgehead atoms. The minimum atomic E-state index is 0.619. The van der Waals surface area contributed by atoms with Gasteiger partial charge in [-0.3, -0.25) is 0 Å². The zero-order valence-corrected chi connectivity index (χ0v) is 8.37. The van der Waals surface area contributed by atoms with Crippen molar-refractivity contribution in [3.05, 3.63) is 18.2 Å². The highest BCUT2D eigenvalue weighted by atomic mass is 16.5. The van der Waals surface area contributed by atoms with Gasteiger partial charge in [0.1, 0.15) is 5.82 Å². The highest BCUT2D eigenvalue weighted by Crippen LogP contribution is 2.10. The summed E-state index contributed by atoms with van der Waals surface area (Å²) in [6, 6.07) is 5.69. The molecule has 0 aliphatic rings. The van der Waals surface area contributed by atoms with Gasteiger partial charge in [-0.2, -0.15) is 4.98 Å². The molecule has 0 atom stereocenters. The van der Waals surface area contributed by atoms with E-state index in [9.17, 15) is 0 Å². The van der Waals surface area contributed by atoms with Gasteiger partial charge in [0.05, 0.1) is 7.11 Å².